The molecule has 1 aromatic rings. The zero-order valence-electron chi connectivity index (χ0n) is 11.4. The third-order valence-corrected chi connectivity index (χ3v) is 3.71. The van der Waals surface area contributed by atoms with Crippen LogP contribution in [0.1, 0.15) is 16.8 Å². The number of nitrogens with zero attached hydrogens (tertiary/aromatic N) is 1. The van der Waals surface area contributed by atoms with Crippen LogP contribution in [0.4, 0.5) is 5.69 Å². The lowest BCUT2D eigenvalue weighted by Crippen LogP contribution is -2.45. The number of nitro groups is 1. The number of benzene rings is 1. The molecule has 1 unspecified atom stereocenters. The van der Waals surface area contributed by atoms with E-state index in [1.54, 1.807) is 7.11 Å². The van der Waals surface area contributed by atoms with Crippen LogP contribution in [-0.2, 0) is 9.47 Å². The number of ether oxygens (including phenoxy) is 2. The van der Waals surface area contributed by atoms with Crippen LogP contribution in [-0.4, -0.2) is 43.3 Å². The summed E-state index contributed by atoms with van der Waals surface area (Å²) in [7, 11) is 1.54. The molecule has 1 aliphatic heterocycles. The number of nitrogens with one attached hydrogen (secondary N) is 1. The molecule has 0 spiro atoms. The number of halogens is 1. The van der Waals surface area contributed by atoms with Gasteiger partial charge in [0.2, 0.25) is 0 Å². The van der Waals surface area contributed by atoms with Gasteiger partial charge in [-0.2, -0.15) is 0 Å². The van der Waals surface area contributed by atoms with Crippen molar-refractivity contribution < 1.29 is 19.2 Å². The van der Waals surface area contributed by atoms with Gasteiger partial charge in [-0.05, 0) is 12.1 Å². The van der Waals surface area contributed by atoms with Crippen molar-refractivity contribution in [2.75, 3.05) is 26.9 Å². The molecule has 1 N–H and O–H groups in total. The van der Waals surface area contributed by atoms with Gasteiger partial charge < -0.3 is 14.8 Å². The van der Waals surface area contributed by atoms with Crippen LogP contribution in [0.2, 0.25) is 5.02 Å². The molecule has 0 radical (unpaired) electrons. The maximum absolute atomic E-state index is 12.2. The Morgan fingerprint density at radius 1 is 1.62 bits per heavy atom. The summed E-state index contributed by atoms with van der Waals surface area (Å²) in [5.74, 6) is -0.562. The van der Waals surface area contributed by atoms with Gasteiger partial charge >= 0.3 is 0 Å². The van der Waals surface area contributed by atoms with Crippen molar-refractivity contribution in [1.82, 2.24) is 5.32 Å². The smallest absolute Gasteiger partial charge is 0.282 e. The molecular formula is C13H15ClN2O5. The number of methoxy groups -OCH3 is 1. The van der Waals surface area contributed by atoms with Gasteiger partial charge in [-0.15, -0.1) is 0 Å². The van der Waals surface area contributed by atoms with Crippen molar-refractivity contribution >= 4 is 23.2 Å². The van der Waals surface area contributed by atoms with Crippen LogP contribution in [0, 0.1) is 10.1 Å². The highest BCUT2D eigenvalue weighted by Gasteiger charge is 2.35. The molecule has 1 aromatic carbocycles. The van der Waals surface area contributed by atoms with Gasteiger partial charge in [-0.3, -0.25) is 14.9 Å². The zero-order chi connectivity index (χ0) is 15.5. The lowest BCUT2D eigenvalue weighted by atomic mass is 10.0. The number of rotatable bonds is 5. The molecule has 21 heavy (non-hydrogen) atoms. The molecule has 0 aromatic heterocycles. The molecule has 0 bridgehead atoms. The zero-order valence-corrected chi connectivity index (χ0v) is 12.2. The van der Waals surface area contributed by atoms with Crippen LogP contribution in [0.3, 0.4) is 0 Å². The summed E-state index contributed by atoms with van der Waals surface area (Å²) < 4.78 is 10.7. The molecular weight excluding hydrogens is 300 g/mol. The molecule has 1 aliphatic rings. The highest BCUT2D eigenvalue weighted by Crippen LogP contribution is 2.24. The molecule has 7 nitrogen and oxygen atoms in total. The van der Waals surface area contributed by atoms with E-state index in [9.17, 15) is 14.9 Å². The number of amides is 1. The van der Waals surface area contributed by atoms with Crippen molar-refractivity contribution in [3.63, 3.8) is 0 Å². The highest BCUT2D eigenvalue weighted by atomic mass is 35.5. The van der Waals surface area contributed by atoms with Crippen molar-refractivity contribution in [2.45, 2.75) is 12.0 Å². The maximum Gasteiger partial charge on any atom is 0.282 e. The fraction of sp³-hybridized carbons (Fsp3) is 0.462. The number of hydrogen-bond donors (Lipinski definition) is 1. The Hall–Kier alpha value is -1.70. The first-order valence-electron chi connectivity index (χ1n) is 6.32. The van der Waals surface area contributed by atoms with Crippen LogP contribution in [0.5, 0.6) is 0 Å². The van der Waals surface area contributed by atoms with E-state index in [0.717, 1.165) is 0 Å². The molecule has 2 rings (SSSR count). The highest BCUT2D eigenvalue weighted by molar-refractivity contribution is 6.31. The lowest BCUT2D eigenvalue weighted by Gasteiger charge is -2.25. The number of hydrogen-bond acceptors (Lipinski definition) is 5. The topological polar surface area (TPSA) is 90.7 Å². The Labute approximate surface area is 126 Å². The summed E-state index contributed by atoms with van der Waals surface area (Å²) in [6.07, 6.45) is 0.654. The van der Waals surface area contributed by atoms with E-state index < -0.39 is 16.4 Å². The Morgan fingerprint density at radius 3 is 2.95 bits per heavy atom. The second-order valence-electron chi connectivity index (χ2n) is 4.79. The number of carbonyl (C=O) groups is 1. The first kappa shape index (κ1) is 15.7. The normalized spacial score (nSPS) is 21.2. The summed E-state index contributed by atoms with van der Waals surface area (Å²) in [6.45, 7) is 1.15. The van der Waals surface area contributed by atoms with Crippen LogP contribution in [0.25, 0.3) is 0 Å². The molecule has 0 saturated carbocycles. The SMILES string of the molecule is COC1(CNC(=O)c2cc(Cl)ccc2[N+](=O)[O-])CCOC1. The van der Waals surface area contributed by atoms with Gasteiger partial charge in [0.25, 0.3) is 11.6 Å². The second-order valence-corrected chi connectivity index (χ2v) is 5.23. The summed E-state index contributed by atoms with van der Waals surface area (Å²) in [5.41, 5.74) is -0.938. The third kappa shape index (κ3) is 3.49. The monoisotopic (exact) mass is 314 g/mol. The van der Waals surface area contributed by atoms with Gasteiger partial charge in [-0.25, -0.2) is 0 Å². The maximum atomic E-state index is 12.2. The number of carbonyl (C=O) groups excluding carboxylic acids is 1. The minimum absolute atomic E-state index is 0.0716. The minimum atomic E-state index is -0.615. The average molecular weight is 315 g/mol. The van der Waals surface area contributed by atoms with Crippen molar-refractivity contribution in [2.24, 2.45) is 0 Å². The standard InChI is InChI=1S/C13H15ClN2O5/c1-20-13(4-5-21-8-13)7-15-12(17)10-6-9(14)2-3-11(10)16(18)19/h2-3,6H,4-5,7-8H2,1H3,(H,15,17). The minimum Gasteiger partial charge on any atom is -0.378 e. The van der Waals surface area contributed by atoms with Crippen LogP contribution < -0.4 is 5.32 Å². The van der Waals surface area contributed by atoms with Crippen molar-refractivity contribution in [1.29, 1.82) is 0 Å². The molecule has 8 heteroatoms. The molecule has 1 heterocycles. The fourth-order valence-corrected chi connectivity index (χ4v) is 2.32. The van der Waals surface area contributed by atoms with Gasteiger partial charge in [0.1, 0.15) is 11.2 Å². The predicted molar refractivity (Wildman–Crippen MR) is 75.6 cm³/mol. The van der Waals surface area contributed by atoms with E-state index in [1.807, 2.05) is 0 Å². The van der Waals surface area contributed by atoms with Crippen molar-refractivity contribution in [3.05, 3.63) is 38.9 Å². The van der Waals surface area contributed by atoms with Crippen LogP contribution in [0.15, 0.2) is 18.2 Å². The van der Waals surface area contributed by atoms with Gasteiger partial charge in [0.05, 0.1) is 11.5 Å². The molecule has 1 atom stereocenters. The molecule has 114 valence electrons. The molecule has 1 fully saturated rings. The van der Waals surface area contributed by atoms with Gasteiger partial charge in [-0.1, -0.05) is 11.6 Å². The van der Waals surface area contributed by atoms with Gasteiger partial charge in [0.15, 0.2) is 0 Å². The first-order chi connectivity index (χ1) is 9.97. The Bertz CT molecular complexity index is 557. The van der Waals surface area contributed by atoms with Gasteiger partial charge in [0, 0.05) is 37.8 Å². The van der Waals surface area contributed by atoms with E-state index in [2.05, 4.69) is 5.32 Å². The quantitative estimate of drug-likeness (QED) is 0.661. The van der Waals surface area contributed by atoms with E-state index >= 15 is 0 Å². The summed E-state index contributed by atoms with van der Waals surface area (Å²) in [6, 6.07) is 3.86. The third-order valence-electron chi connectivity index (χ3n) is 3.47. The number of nitro benzene ring substituents is 1. The fourth-order valence-electron chi connectivity index (χ4n) is 2.15. The predicted octanol–water partition coefficient (Wildman–Crippen LogP) is 1.78. The molecule has 1 saturated heterocycles. The Kier molecular flexibility index (Phi) is 4.76. The Balaban J connectivity index is 2.13. The summed E-state index contributed by atoms with van der Waals surface area (Å²) in [4.78, 5) is 22.5. The first-order valence-corrected chi connectivity index (χ1v) is 6.70. The summed E-state index contributed by atoms with van der Waals surface area (Å²) >= 11 is 5.80. The average Bonchev–Trinajstić information content (AvgIpc) is 2.94. The Morgan fingerprint density at radius 2 is 2.38 bits per heavy atom. The van der Waals surface area contributed by atoms with E-state index in [0.29, 0.717) is 19.6 Å². The van der Waals surface area contributed by atoms with E-state index in [-0.39, 0.29) is 22.8 Å². The summed E-state index contributed by atoms with van der Waals surface area (Å²) in [5, 5.41) is 13.9. The van der Waals surface area contributed by atoms with Crippen LogP contribution >= 0.6 is 11.6 Å². The second kappa shape index (κ2) is 6.38. The lowest BCUT2D eigenvalue weighted by molar-refractivity contribution is -0.385. The largest absolute Gasteiger partial charge is 0.378 e. The van der Waals surface area contributed by atoms with E-state index in [1.165, 1.54) is 18.2 Å². The molecule has 0 aliphatic carbocycles. The van der Waals surface area contributed by atoms with Crippen molar-refractivity contribution in [3.8, 4) is 0 Å². The van der Waals surface area contributed by atoms with E-state index in [4.69, 9.17) is 21.1 Å². The molecule has 1 amide bonds.